The van der Waals surface area contributed by atoms with Crippen molar-refractivity contribution < 1.29 is 19.4 Å². The van der Waals surface area contributed by atoms with Gasteiger partial charge in [-0.15, -0.1) is 0 Å². The fourth-order valence-corrected chi connectivity index (χ4v) is 4.94. The van der Waals surface area contributed by atoms with Crippen molar-refractivity contribution in [2.45, 2.75) is 77.7 Å². The van der Waals surface area contributed by atoms with E-state index in [1.54, 1.807) is 24.5 Å². The second-order valence-corrected chi connectivity index (χ2v) is 11.1. The number of nitrogens with zero attached hydrogens (tertiary/aromatic N) is 2. The summed E-state index contributed by atoms with van der Waals surface area (Å²) in [7, 11) is 0. The van der Waals surface area contributed by atoms with Gasteiger partial charge < -0.3 is 15.2 Å². The van der Waals surface area contributed by atoms with Gasteiger partial charge >= 0.3 is 5.97 Å². The topological polar surface area (TPSA) is 101 Å². The van der Waals surface area contributed by atoms with Crippen LogP contribution in [0.4, 0.5) is 0 Å². The molecule has 0 aliphatic carbocycles. The van der Waals surface area contributed by atoms with E-state index in [9.17, 15) is 14.7 Å². The van der Waals surface area contributed by atoms with E-state index in [1.165, 1.54) is 31.2 Å². The Balaban J connectivity index is 1.31. The summed E-state index contributed by atoms with van der Waals surface area (Å²) in [6.07, 6.45) is 13.0. The number of carbonyl (C=O) groups is 2. The zero-order valence-electron chi connectivity index (χ0n) is 25.8. The minimum absolute atomic E-state index is 0.161. The lowest BCUT2D eigenvalue weighted by atomic mass is 10.0. The Morgan fingerprint density at radius 2 is 1.34 bits per heavy atom. The van der Waals surface area contributed by atoms with Gasteiger partial charge in [-0.25, -0.2) is 14.8 Å². The van der Waals surface area contributed by atoms with Gasteiger partial charge in [0.25, 0.3) is 5.91 Å². The van der Waals surface area contributed by atoms with E-state index in [4.69, 9.17) is 4.74 Å². The number of aryl methyl sites for hydroxylation is 1. The molecule has 0 aliphatic heterocycles. The molecule has 4 rings (SSSR count). The Labute approximate surface area is 260 Å². The highest BCUT2D eigenvalue weighted by Crippen LogP contribution is 2.24. The van der Waals surface area contributed by atoms with Crippen molar-refractivity contribution in [2.24, 2.45) is 0 Å². The normalized spacial score (nSPS) is 11.6. The Morgan fingerprint density at radius 3 is 1.98 bits per heavy atom. The number of carboxylic acids is 1. The second-order valence-electron chi connectivity index (χ2n) is 11.1. The predicted octanol–water partition coefficient (Wildman–Crippen LogP) is 7.93. The lowest BCUT2D eigenvalue weighted by Crippen LogP contribution is -2.42. The molecule has 3 aromatic carbocycles. The Hall–Kier alpha value is -4.52. The molecule has 230 valence electrons. The van der Waals surface area contributed by atoms with Crippen LogP contribution in [0.2, 0.25) is 0 Å². The maximum atomic E-state index is 12.7. The number of carboxylic acid groups (broad SMARTS) is 1. The first-order chi connectivity index (χ1) is 21.5. The largest absolute Gasteiger partial charge is 0.494 e. The molecule has 0 fully saturated rings. The van der Waals surface area contributed by atoms with Crippen LogP contribution in [0, 0.1) is 0 Å². The van der Waals surface area contributed by atoms with Gasteiger partial charge in [0.05, 0.1) is 6.61 Å². The number of benzene rings is 3. The number of carbonyl (C=O) groups excluding carboxylic acids is 1. The first kappa shape index (κ1) is 32.4. The van der Waals surface area contributed by atoms with Crippen LogP contribution in [0.15, 0.2) is 85.2 Å². The number of hydrogen-bond donors (Lipinski definition) is 2. The maximum absolute atomic E-state index is 12.7. The number of hydrogen-bond acceptors (Lipinski definition) is 5. The minimum Gasteiger partial charge on any atom is -0.494 e. The van der Waals surface area contributed by atoms with E-state index in [2.05, 4.69) is 29.1 Å². The van der Waals surface area contributed by atoms with Gasteiger partial charge in [-0.1, -0.05) is 94.5 Å². The molecule has 0 saturated heterocycles. The summed E-state index contributed by atoms with van der Waals surface area (Å²) in [5, 5.41) is 12.4. The number of rotatable bonds is 17. The third-order valence-electron chi connectivity index (χ3n) is 7.65. The molecule has 0 bridgehead atoms. The molecule has 0 unspecified atom stereocenters. The van der Waals surface area contributed by atoms with Gasteiger partial charge in [-0.2, -0.15) is 0 Å². The first-order valence-electron chi connectivity index (χ1n) is 15.7. The zero-order chi connectivity index (χ0) is 31.1. The fraction of sp³-hybridized carbons (Fsp3) is 0.351. The Bertz CT molecular complexity index is 1450. The molecule has 0 radical (unpaired) electrons. The van der Waals surface area contributed by atoms with Crippen molar-refractivity contribution in [1.82, 2.24) is 15.3 Å². The molecule has 0 saturated carbocycles. The number of amides is 1. The predicted molar refractivity (Wildman–Crippen MR) is 175 cm³/mol. The average molecular weight is 594 g/mol. The molecule has 4 aromatic rings. The fourth-order valence-electron chi connectivity index (χ4n) is 4.94. The van der Waals surface area contributed by atoms with Gasteiger partial charge in [0.2, 0.25) is 0 Å². The highest BCUT2D eigenvalue weighted by Gasteiger charge is 2.21. The monoisotopic (exact) mass is 593 g/mol. The highest BCUT2D eigenvalue weighted by molar-refractivity contribution is 5.96. The van der Waals surface area contributed by atoms with Crippen LogP contribution in [0.5, 0.6) is 5.75 Å². The van der Waals surface area contributed by atoms with E-state index in [-0.39, 0.29) is 6.42 Å². The third-order valence-corrected chi connectivity index (χ3v) is 7.65. The van der Waals surface area contributed by atoms with Crippen molar-refractivity contribution in [1.29, 1.82) is 0 Å². The summed E-state index contributed by atoms with van der Waals surface area (Å²) in [6, 6.07) is 21.7. The van der Waals surface area contributed by atoms with Crippen molar-refractivity contribution in [3.05, 3.63) is 102 Å². The molecule has 0 spiro atoms. The smallest absolute Gasteiger partial charge is 0.326 e. The number of ether oxygens (including phenoxy) is 1. The summed E-state index contributed by atoms with van der Waals surface area (Å²) in [6.45, 7) is 5.09. The molecule has 1 atom stereocenters. The van der Waals surface area contributed by atoms with Gasteiger partial charge in [-0.05, 0) is 60.2 Å². The van der Waals surface area contributed by atoms with Gasteiger partial charge in [0.15, 0.2) is 5.82 Å². The van der Waals surface area contributed by atoms with E-state index < -0.39 is 17.9 Å². The van der Waals surface area contributed by atoms with Crippen molar-refractivity contribution in [3.8, 4) is 28.3 Å². The van der Waals surface area contributed by atoms with Gasteiger partial charge in [0, 0.05) is 35.5 Å². The molecule has 7 nitrogen and oxygen atoms in total. The van der Waals surface area contributed by atoms with E-state index in [0.717, 1.165) is 60.3 Å². The molecule has 0 aliphatic rings. The van der Waals surface area contributed by atoms with Crippen LogP contribution in [-0.4, -0.2) is 39.6 Å². The van der Waals surface area contributed by atoms with Gasteiger partial charge in [-0.3, -0.25) is 4.79 Å². The molecule has 1 amide bonds. The minimum atomic E-state index is -1.08. The van der Waals surface area contributed by atoms with Crippen molar-refractivity contribution in [2.75, 3.05) is 6.61 Å². The maximum Gasteiger partial charge on any atom is 0.326 e. The molecule has 2 N–H and O–H groups in total. The van der Waals surface area contributed by atoms with Crippen LogP contribution >= 0.6 is 0 Å². The zero-order valence-corrected chi connectivity index (χ0v) is 25.8. The van der Waals surface area contributed by atoms with Crippen molar-refractivity contribution >= 4 is 11.9 Å². The molecule has 1 heterocycles. The second kappa shape index (κ2) is 16.9. The number of aliphatic carboxylic acids is 1. The third kappa shape index (κ3) is 9.76. The summed E-state index contributed by atoms with van der Waals surface area (Å²) in [4.78, 5) is 33.8. The Morgan fingerprint density at radius 1 is 0.727 bits per heavy atom. The first-order valence-corrected chi connectivity index (χ1v) is 15.7. The SMILES string of the molecule is CCCCCCCOc1ccc(-c2cnc(-c3ccc(C[C@H](NC(=O)c4ccc(CCCC)cc4)C(=O)O)cc3)nc2)cc1. The average Bonchev–Trinajstić information content (AvgIpc) is 3.06. The number of aromatic nitrogens is 2. The molecule has 44 heavy (non-hydrogen) atoms. The summed E-state index contributed by atoms with van der Waals surface area (Å²) >= 11 is 0. The van der Waals surface area contributed by atoms with E-state index in [0.29, 0.717) is 11.4 Å². The van der Waals surface area contributed by atoms with E-state index >= 15 is 0 Å². The van der Waals surface area contributed by atoms with Crippen LogP contribution in [0.25, 0.3) is 22.5 Å². The molecule has 7 heteroatoms. The van der Waals surface area contributed by atoms with Crippen LogP contribution in [0.1, 0.15) is 80.3 Å². The summed E-state index contributed by atoms with van der Waals surface area (Å²) in [5.74, 6) is -0.0377. The highest BCUT2D eigenvalue weighted by atomic mass is 16.5. The lowest BCUT2D eigenvalue weighted by Gasteiger charge is -2.15. The standard InChI is InChI=1S/C37H43N3O4/c1-3-5-7-8-9-23-44-33-21-19-29(20-22-33)32-25-38-35(39-26-32)30-15-13-28(14-16-30)24-34(37(42)43)40-36(41)31-17-11-27(12-18-31)10-6-4-2/h11-22,25-26,34H,3-10,23-24H2,1-2H3,(H,40,41)(H,42,43)/t34-/m0/s1. The van der Waals surface area contributed by atoms with Crippen molar-refractivity contribution in [3.63, 3.8) is 0 Å². The molecular weight excluding hydrogens is 550 g/mol. The Kier molecular flexibility index (Phi) is 12.5. The molecular formula is C37H43N3O4. The number of unbranched alkanes of at least 4 members (excludes halogenated alkanes) is 5. The van der Waals surface area contributed by atoms with Crippen LogP contribution < -0.4 is 10.1 Å². The summed E-state index contributed by atoms with van der Waals surface area (Å²) in [5.41, 5.74) is 5.14. The number of nitrogens with one attached hydrogen (secondary N) is 1. The van der Waals surface area contributed by atoms with Gasteiger partial charge in [0.1, 0.15) is 11.8 Å². The van der Waals surface area contributed by atoms with E-state index in [1.807, 2.05) is 60.7 Å². The quantitative estimate of drug-likeness (QED) is 0.121. The van der Waals surface area contributed by atoms with Crippen LogP contribution in [0.3, 0.4) is 0 Å². The molecule has 1 aromatic heterocycles. The van der Waals surface area contributed by atoms with Crippen LogP contribution in [-0.2, 0) is 17.6 Å². The lowest BCUT2D eigenvalue weighted by molar-refractivity contribution is -0.139. The summed E-state index contributed by atoms with van der Waals surface area (Å²) < 4.78 is 5.87.